The highest BCUT2D eigenvalue weighted by atomic mass is 32.2. The maximum Gasteiger partial charge on any atom is 0.0559 e. The fourth-order valence-electron chi connectivity index (χ4n) is 1.30. The predicted octanol–water partition coefficient (Wildman–Crippen LogP) is 2.75. The third-order valence-electron chi connectivity index (χ3n) is 2.38. The Hall–Kier alpha value is -1.70. The molecule has 0 heterocycles. The topological polar surface area (TPSA) is 113 Å². The fourth-order valence-corrected chi connectivity index (χ4v) is 2.67. The van der Waals surface area contributed by atoms with Crippen LogP contribution in [-0.2, 0) is 3.63 Å². The van der Waals surface area contributed by atoms with Crippen molar-refractivity contribution in [2.75, 3.05) is 22.9 Å². The minimum atomic E-state index is 0.537. The highest BCUT2D eigenvalue weighted by molar-refractivity contribution is 8.07. The summed E-state index contributed by atoms with van der Waals surface area (Å²) in [5, 5.41) is 0. The summed E-state index contributed by atoms with van der Waals surface area (Å²) in [6, 6.07) is 10.7. The molecule has 0 fully saturated rings. The highest BCUT2D eigenvalue weighted by Gasteiger charge is 2.02. The molecule has 2 aromatic carbocycles. The van der Waals surface area contributed by atoms with Gasteiger partial charge in [-0.25, -0.2) is 3.63 Å². The monoisotopic (exact) mass is 294 g/mol. The maximum atomic E-state index is 5.71. The van der Waals surface area contributed by atoms with Crippen LogP contribution in [0, 0.1) is 0 Å². The van der Waals surface area contributed by atoms with Crippen LogP contribution in [0.1, 0.15) is 0 Å². The van der Waals surface area contributed by atoms with Crippen LogP contribution in [0.5, 0.6) is 0 Å². The van der Waals surface area contributed by atoms with Gasteiger partial charge in [-0.1, -0.05) is 0 Å². The van der Waals surface area contributed by atoms with Gasteiger partial charge in [0, 0.05) is 33.9 Å². The zero-order valence-corrected chi connectivity index (χ0v) is 11.6. The molecule has 2 aromatic rings. The quantitative estimate of drug-likeness (QED) is 0.506. The van der Waals surface area contributed by atoms with Gasteiger partial charge in [0.2, 0.25) is 0 Å². The van der Waals surface area contributed by atoms with E-state index >= 15 is 0 Å². The molecule has 19 heavy (non-hydrogen) atoms. The molecule has 0 radical (unpaired) electrons. The Labute approximate surface area is 120 Å². The number of hydrogen-bond acceptors (Lipinski definition) is 7. The van der Waals surface area contributed by atoms with E-state index in [1.807, 2.05) is 12.1 Å². The van der Waals surface area contributed by atoms with E-state index in [9.17, 15) is 0 Å². The summed E-state index contributed by atoms with van der Waals surface area (Å²) in [7, 11) is 0. The summed E-state index contributed by atoms with van der Waals surface area (Å²) in [6.45, 7) is 0. The van der Waals surface area contributed by atoms with Gasteiger partial charge in [0.15, 0.2) is 0 Å². The van der Waals surface area contributed by atoms with Crippen LogP contribution >= 0.6 is 24.1 Å². The SMILES string of the molecule is Nc1ccc(SOSc2ccc(N)c(N)c2)cc1N. The van der Waals surface area contributed by atoms with Gasteiger partial charge in [0.05, 0.1) is 22.7 Å². The van der Waals surface area contributed by atoms with E-state index in [4.69, 9.17) is 26.6 Å². The molecule has 8 N–H and O–H groups in total. The lowest BCUT2D eigenvalue weighted by Crippen LogP contribution is -1.94. The minimum absolute atomic E-state index is 0.537. The molecule has 0 bridgehead atoms. The number of hydrogen-bond donors (Lipinski definition) is 4. The van der Waals surface area contributed by atoms with E-state index < -0.39 is 0 Å². The second kappa shape index (κ2) is 5.96. The van der Waals surface area contributed by atoms with Gasteiger partial charge >= 0.3 is 0 Å². The minimum Gasteiger partial charge on any atom is -0.397 e. The van der Waals surface area contributed by atoms with Gasteiger partial charge < -0.3 is 22.9 Å². The molecule has 0 aliphatic rings. The van der Waals surface area contributed by atoms with Gasteiger partial charge in [-0.3, -0.25) is 0 Å². The predicted molar refractivity (Wildman–Crippen MR) is 83.3 cm³/mol. The van der Waals surface area contributed by atoms with Crippen LogP contribution in [0.25, 0.3) is 0 Å². The molecule has 2 rings (SSSR count). The Morgan fingerprint density at radius 1 is 0.632 bits per heavy atom. The lowest BCUT2D eigenvalue weighted by molar-refractivity contribution is 0.757. The van der Waals surface area contributed by atoms with Crippen LogP contribution in [-0.4, -0.2) is 0 Å². The van der Waals surface area contributed by atoms with Crippen molar-refractivity contribution in [1.29, 1.82) is 0 Å². The van der Waals surface area contributed by atoms with Crippen molar-refractivity contribution in [3.63, 3.8) is 0 Å². The smallest absolute Gasteiger partial charge is 0.0559 e. The summed E-state index contributed by atoms with van der Waals surface area (Å²) < 4.78 is 5.44. The summed E-state index contributed by atoms with van der Waals surface area (Å²) >= 11 is 2.41. The van der Waals surface area contributed by atoms with Crippen molar-refractivity contribution in [1.82, 2.24) is 0 Å². The lowest BCUT2D eigenvalue weighted by Gasteiger charge is -2.05. The van der Waals surface area contributed by atoms with Crippen molar-refractivity contribution in [3.05, 3.63) is 36.4 Å². The molecule has 0 unspecified atom stereocenters. The molecular weight excluding hydrogens is 280 g/mol. The van der Waals surface area contributed by atoms with Gasteiger partial charge in [0.1, 0.15) is 0 Å². The van der Waals surface area contributed by atoms with Gasteiger partial charge in [0.25, 0.3) is 0 Å². The summed E-state index contributed by atoms with van der Waals surface area (Å²) in [6.07, 6.45) is 0. The van der Waals surface area contributed by atoms with Crippen molar-refractivity contribution < 1.29 is 3.63 Å². The molecule has 0 spiro atoms. The van der Waals surface area contributed by atoms with Gasteiger partial charge in [-0.15, -0.1) is 0 Å². The molecule has 7 heteroatoms. The molecule has 0 aliphatic heterocycles. The van der Waals surface area contributed by atoms with Crippen molar-refractivity contribution in [2.45, 2.75) is 9.79 Å². The van der Waals surface area contributed by atoms with Crippen LogP contribution in [0.15, 0.2) is 46.2 Å². The molecule has 0 saturated heterocycles. The van der Waals surface area contributed by atoms with E-state index in [1.54, 1.807) is 24.3 Å². The van der Waals surface area contributed by atoms with Crippen LogP contribution in [0.2, 0.25) is 0 Å². The van der Waals surface area contributed by atoms with E-state index in [0.717, 1.165) is 9.79 Å². The first-order chi connectivity index (χ1) is 9.06. The third kappa shape index (κ3) is 3.63. The normalized spacial score (nSPS) is 10.5. The highest BCUT2D eigenvalue weighted by Crippen LogP contribution is 2.33. The second-order valence-electron chi connectivity index (χ2n) is 3.82. The zero-order valence-electron chi connectivity index (χ0n) is 10.00. The maximum absolute atomic E-state index is 5.71. The van der Waals surface area contributed by atoms with Crippen LogP contribution in [0.4, 0.5) is 22.7 Å². The molecule has 0 atom stereocenters. The molecule has 0 aliphatic carbocycles. The lowest BCUT2D eigenvalue weighted by atomic mass is 10.3. The number of rotatable bonds is 4. The Kier molecular flexibility index (Phi) is 4.31. The van der Waals surface area contributed by atoms with Crippen molar-refractivity contribution >= 4 is 46.8 Å². The van der Waals surface area contributed by atoms with E-state index in [-0.39, 0.29) is 0 Å². The molecule has 0 amide bonds. The first-order valence-electron chi connectivity index (χ1n) is 5.37. The molecule has 0 saturated carbocycles. The Bertz CT molecular complexity index is 540. The van der Waals surface area contributed by atoms with Gasteiger partial charge in [-0.05, 0) is 36.4 Å². The standard InChI is InChI=1S/C12H14N4OS2/c13-9-3-1-7(5-11(9)15)18-17-19-8-2-4-10(14)12(16)6-8/h1-6H,13-16H2. The number of nitrogens with two attached hydrogens (primary N) is 4. The fraction of sp³-hybridized carbons (Fsp3) is 0. The van der Waals surface area contributed by atoms with Crippen molar-refractivity contribution in [3.8, 4) is 0 Å². The first-order valence-corrected chi connectivity index (χ1v) is 6.86. The first kappa shape index (κ1) is 13.7. The largest absolute Gasteiger partial charge is 0.397 e. The molecule has 5 nitrogen and oxygen atoms in total. The van der Waals surface area contributed by atoms with Crippen LogP contribution < -0.4 is 22.9 Å². The summed E-state index contributed by atoms with van der Waals surface area (Å²) in [5.74, 6) is 0. The van der Waals surface area contributed by atoms with Crippen LogP contribution in [0.3, 0.4) is 0 Å². The Balaban J connectivity index is 1.92. The Morgan fingerprint density at radius 3 is 1.42 bits per heavy atom. The average molecular weight is 294 g/mol. The molecule has 100 valence electrons. The van der Waals surface area contributed by atoms with Gasteiger partial charge in [-0.2, -0.15) is 0 Å². The van der Waals surface area contributed by atoms with Crippen molar-refractivity contribution in [2.24, 2.45) is 0 Å². The second-order valence-corrected chi connectivity index (χ2v) is 5.64. The number of anilines is 4. The number of benzene rings is 2. The van der Waals surface area contributed by atoms with E-state index in [1.165, 1.54) is 24.1 Å². The molecular formula is C12H14N4OS2. The zero-order chi connectivity index (χ0) is 13.8. The third-order valence-corrected chi connectivity index (χ3v) is 3.81. The molecule has 0 aromatic heterocycles. The summed E-state index contributed by atoms with van der Waals surface area (Å²) in [4.78, 5) is 1.75. The number of nitrogen functional groups attached to an aromatic ring is 4. The van der Waals surface area contributed by atoms with E-state index in [2.05, 4.69) is 0 Å². The van der Waals surface area contributed by atoms with E-state index in [0.29, 0.717) is 22.7 Å². The summed E-state index contributed by atoms with van der Waals surface area (Å²) in [5.41, 5.74) is 24.9. The Morgan fingerprint density at radius 2 is 1.05 bits per heavy atom. The average Bonchev–Trinajstić information content (AvgIpc) is 2.38.